The van der Waals surface area contributed by atoms with Crippen LogP contribution in [0.1, 0.15) is 15.9 Å². The molecule has 3 nitrogen and oxygen atoms in total. The van der Waals surface area contributed by atoms with Gasteiger partial charge in [0, 0.05) is 16.4 Å². The zero-order valence-corrected chi connectivity index (χ0v) is 11.0. The highest BCUT2D eigenvalue weighted by Gasteiger charge is 2.12. The molecule has 98 valence electrons. The Morgan fingerprint density at radius 2 is 2.00 bits per heavy atom. The smallest absolute Gasteiger partial charge is 0.258 e. The molecule has 0 heterocycles. The second kappa shape index (κ2) is 5.28. The van der Waals surface area contributed by atoms with Crippen molar-refractivity contribution in [3.8, 4) is 0 Å². The lowest BCUT2D eigenvalue weighted by Gasteiger charge is -2.08. The van der Waals surface area contributed by atoms with Crippen LogP contribution in [0.5, 0.6) is 0 Å². The summed E-state index contributed by atoms with van der Waals surface area (Å²) in [5.41, 5.74) is 7.61. The van der Waals surface area contributed by atoms with E-state index < -0.39 is 11.7 Å². The topological polar surface area (TPSA) is 55.1 Å². The predicted octanol–water partition coefficient (Wildman–Crippen LogP) is 3.62. The molecule has 0 aliphatic heterocycles. The van der Waals surface area contributed by atoms with Gasteiger partial charge in [0.05, 0.1) is 5.56 Å². The Kier molecular flexibility index (Phi) is 3.71. The van der Waals surface area contributed by atoms with Crippen LogP contribution < -0.4 is 11.1 Å². The molecule has 0 saturated heterocycles. The highest BCUT2D eigenvalue weighted by atomic mass is 35.5. The second-order valence-corrected chi connectivity index (χ2v) is 4.59. The molecule has 2 aromatic carbocycles. The number of hydrogen-bond acceptors (Lipinski definition) is 2. The van der Waals surface area contributed by atoms with E-state index in [4.69, 9.17) is 17.3 Å². The summed E-state index contributed by atoms with van der Waals surface area (Å²) >= 11 is 5.74. The van der Waals surface area contributed by atoms with Gasteiger partial charge in [-0.05, 0) is 42.8 Å². The summed E-state index contributed by atoms with van der Waals surface area (Å²) in [4.78, 5) is 11.9. The minimum absolute atomic E-state index is 0.105. The molecule has 2 aromatic rings. The molecule has 0 radical (unpaired) electrons. The zero-order chi connectivity index (χ0) is 14.0. The molecule has 0 saturated carbocycles. The second-order valence-electron chi connectivity index (χ2n) is 4.15. The Balaban J connectivity index is 2.25. The van der Waals surface area contributed by atoms with E-state index in [9.17, 15) is 9.18 Å². The molecular formula is C14H12ClFN2O. The summed E-state index contributed by atoms with van der Waals surface area (Å²) in [5.74, 6) is -1.19. The standard InChI is InChI=1S/C14H12ClFN2O/c1-8-2-4-10(7-13(8)17)18-14(19)11-6-9(15)3-5-12(11)16/h2-7H,17H2,1H3,(H,18,19). The number of aryl methyl sites for hydroxylation is 1. The maximum Gasteiger partial charge on any atom is 0.258 e. The number of carbonyl (C=O) groups excluding carboxylic acids is 1. The van der Waals surface area contributed by atoms with Gasteiger partial charge in [-0.3, -0.25) is 4.79 Å². The molecule has 0 aliphatic carbocycles. The van der Waals surface area contributed by atoms with Gasteiger partial charge in [-0.25, -0.2) is 4.39 Å². The number of amides is 1. The first-order valence-electron chi connectivity index (χ1n) is 5.60. The lowest BCUT2D eigenvalue weighted by molar-refractivity contribution is 0.102. The quantitative estimate of drug-likeness (QED) is 0.824. The first-order chi connectivity index (χ1) is 8.97. The highest BCUT2D eigenvalue weighted by molar-refractivity contribution is 6.31. The Hall–Kier alpha value is -2.07. The molecular weight excluding hydrogens is 267 g/mol. The number of rotatable bonds is 2. The van der Waals surface area contributed by atoms with Crippen LogP contribution in [0.15, 0.2) is 36.4 Å². The van der Waals surface area contributed by atoms with E-state index in [2.05, 4.69) is 5.32 Å². The number of nitrogens with one attached hydrogen (secondary N) is 1. The highest BCUT2D eigenvalue weighted by Crippen LogP contribution is 2.20. The van der Waals surface area contributed by atoms with Crippen molar-refractivity contribution in [2.24, 2.45) is 0 Å². The molecule has 0 aromatic heterocycles. The fourth-order valence-electron chi connectivity index (χ4n) is 1.59. The molecule has 0 aliphatic rings. The molecule has 2 rings (SSSR count). The maximum absolute atomic E-state index is 13.5. The molecule has 5 heteroatoms. The van der Waals surface area contributed by atoms with Crippen LogP contribution in [0.4, 0.5) is 15.8 Å². The average molecular weight is 279 g/mol. The van der Waals surface area contributed by atoms with Gasteiger partial charge in [-0.2, -0.15) is 0 Å². The van der Waals surface area contributed by atoms with Gasteiger partial charge in [-0.15, -0.1) is 0 Å². The van der Waals surface area contributed by atoms with Crippen LogP contribution in [0.2, 0.25) is 5.02 Å². The molecule has 3 N–H and O–H groups in total. The number of hydrogen-bond donors (Lipinski definition) is 2. The number of carbonyl (C=O) groups is 1. The SMILES string of the molecule is Cc1ccc(NC(=O)c2cc(Cl)ccc2F)cc1N. The summed E-state index contributed by atoms with van der Waals surface area (Å²) in [7, 11) is 0. The Morgan fingerprint density at radius 1 is 1.26 bits per heavy atom. The summed E-state index contributed by atoms with van der Waals surface area (Å²) < 4.78 is 13.5. The van der Waals surface area contributed by atoms with Crippen molar-refractivity contribution in [1.29, 1.82) is 0 Å². The van der Waals surface area contributed by atoms with E-state index in [0.717, 1.165) is 11.6 Å². The normalized spacial score (nSPS) is 10.3. The van der Waals surface area contributed by atoms with Crippen LogP contribution in [0, 0.1) is 12.7 Å². The van der Waals surface area contributed by atoms with E-state index in [1.807, 2.05) is 6.92 Å². The third-order valence-electron chi connectivity index (χ3n) is 2.71. The number of anilines is 2. The van der Waals surface area contributed by atoms with Crippen molar-refractivity contribution >= 4 is 28.9 Å². The van der Waals surface area contributed by atoms with Crippen molar-refractivity contribution in [3.63, 3.8) is 0 Å². The maximum atomic E-state index is 13.5. The van der Waals surface area contributed by atoms with E-state index >= 15 is 0 Å². The summed E-state index contributed by atoms with van der Waals surface area (Å²) in [6.45, 7) is 1.86. The van der Waals surface area contributed by atoms with Crippen LogP contribution in [0.25, 0.3) is 0 Å². The molecule has 0 bridgehead atoms. The van der Waals surface area contributed by atoms with Gasteiger partial charge < -0.3 is 11.1 Å². The molecule has 0 atom stereocenters. The van der Waals surface area contributed by atoms with E-state index in [1.54, 1.807) is 18.2 Å². The lowest BCUT2D eigenvalue weighted by Crippen LogP contribution is -2.14. The van der Waals surface area contributed by atoms with E-state index in [0.29, 0.717) is 16.4 Å². The zero-order valence-electron chi connectivity index (χ0n) is 10.2. The fraction of sp³-hybridized carbons (Fsp3) is 0.0714. The fourth-order valence-corrected chi connectivity index (χ4v) is 1.76. The summed E-state index contributed by atoms with van der Waals surface area (Å²) in [5, 5.41) is 2.88. The first-order valence-corrected chi connectivity index (χ1v) is 5.97. The van der Waals surface area contributed by atoms with Crippen LogP contribution in [-0.2, 0) is 0 Å². The lowest BCUT2D eigenvalue weighted by atomic mass is 10.1. The Morgan fingerprint density at radius 3 is 2.68 bits per heavy atom. The average Bonchev–Trinajstić information content (AvgIpc) is 2.36. The third kappa shape index (κ3) is 3.03. The molecule has 0 fully saturated rings. The minimum Gasteiger partial charge on any atom is -0.398 e. The number of nitrogen functional groups attached to an aromatic ring is 1. The largest absolute Gasteiger partial charge is 0.398 e. The summed E-state index contributed by atoms with van der Waals surface area (Å²) in [6, 6.07) is 8.92. The van der Waals surface area contributed by atoms with Crippen molar-refractivity contribution in [1.82, 2.24) is 0 Å². The minimum atomic E-state index is -0.623. The summed E-state index contributed by atoms with van der Waals surface area (Å²) in [6.07, 6.45) is 0. The van der Waals surface area contributed by atoms with Crippen LogP contribution in [-0.4, -0.2) is 5.91 Å². The van der Waals surface area contributed by atoms with Gasteiger partial charge in [0.1, 0.15) is 5.82 Å². The van der Waals surface area contributed by atoms with Crippen molar-refractivity contribution in [2.75, 3.05) is 11.1 Å². The number of benzene rings is 2. The number of halogens is 2. The van der Waals surface area contributed by atoms with Gasteiger partial charge >= 0.3 is 0 Å². The van der Waals surface area contributed by atoms with Crippen molar-refractivity contribution in [3.05, 3.63) is 58.4 Å². The van der Waals surface area contributed by atoms with Crippen molar-refractivity contribution < 1.29 is 9.18 Å². The van der Waals surface area contributed by atoms with Gasteiger partial charge in [0.15, 0.2) is 0 Å². The van der Waals surface area contributed by atoms with E-state index in [1.165, 1.54) is 12.1 Å². The molecule has 0 unspecified atom stereocenters. The molecule has 0 spiro atoms. The van der Waals surface area contributed by atoms with Crippen LogP contribution >= 0.6 is 11.6 Å². The van der Waals surface area contributed by atoms with Gasteiger partial charge in [0.2, 0.25) is 0 Å². The first kappa shape index (κ1) is 13.4. The molecule has 1 amide bonds. The molecule has 19 heavy (non-hydrogen) atoms. The van der Waals surface area contributed by atoms with Gasteiger partial charge in [-0.1, -0.05) is 17.7 Å². The Bertz CT molecular complexity index is 643. The van der Waals surface area contributed by atoms with E-state index in [-0.39, 0.29) is 5.56 Å². The predicted molar refractivity (Wildman–Crippen MR) is 75.0 cm³/mol. The van der Waals surface area contributed by atoms with Crippen LogP contribution in [0.3, 0.4) is 0 Å². The number of nitrogens with two attached hydrogens (primary N) is 1. The Labute approximate surface area is 115 Å². The van der Waals surface area contributed by atoms with Gasteiger partial charge in [0.25, 0.3) is 5.91 Å². The third-order valence-corrected chi connectivity index (χ3v) is 2.95. The van der Waals surface area contributed by atoms with Crippen molar-refractivity contribution in [2.45, 2.75) is 6.92 Å². The monoisotopic (exact) mass is 278 g/mol.